The summed E-state index contributed by atoms with van der Waals surface area (Å²) in [6, 6.07) is 4.80. The molecule has 0 aliphatic carbocycles. The predicted molar refractivity (Wildman–Crippen MR) is 68.6 cm³/mol. The maximum atomic E-state index is 10.9. The van der Waals surface area contributed by atoms with E-state index in [9.17, 15) is 15.2 Å². The second-order valence-corrected chi connectivity index (χ2v) is 4.04. The number of nitro benzene ring substituents is 1. The summed E-state index contributed by atoms with van der Waals surface area (Å²) >= 11 is 0. The molecule has 0 aliphatic heterocycles. The van der Waals surface area contributed by atoms with Crippen LogP contribution in [0.5, 0.6) is 0 Å². The van der Waals surface area contributed by atoms with Crippen molar-refractivity contribution in [3.8, 4) is 0 Å². The molecule has 1 heterocycles. The minimum absolute atomic E-state index is 0.0284. The molecule has 1 aromatic carbocycles. The first kappa shape index (κ1) is 12.3. The molecular formula is C12H13N3O3. The van der Waals surface area contributed by atoms with Crippen molar-refractivity contribution in [1.82, 2.24) is 4.98 Å². The van der Waals surface area contributed by atoms with Crippen molar-refractivity contribution in [3.05, 3.63) is 40.7 Å². The third-order valence-electron chi connectivity index (χ3n) is 2.58. The largest absolute Gasteiger partial charge is 0.392 e. The Balaban J connectivity index is 2.50. The fraction of sp³-hybridized carbons (Fsp3) is 0.250. The van der Waals surface area contributed by atoms with Crippen molar-refractivity contribution in [1.29, 1.82) is 0 Å². The number of rotatable bonds is 4. The van der Waals surface area contributed by atoms with Crippen LogP contribution in [0.3, 0.4) is 0 Å². The van der Waals surface area contributed by atoms with Crippen LogP contribution in [0, 0.1) is 10.1 Å². The molecule has 2 N–H and O–H groups in total. The normalized spacial score (nSPS) is 12.3. The monoisotopic (exact) mass is 247 g/mol. The van der Waals surface area contributed by atoms with Crippen molar-refractivity contribution in [2.24, 2.45) is 0 Å². The lowest BCUT2D eigenvalue weighted by Crippen LogP contribution is -2.15. The van der Waals surface area contributed by atoms with Gasteiger partial charge >= 0.3 is 0 Å². The van der Waals surface area contributed by atoms with E-state index in [-0.39, 0.29) is 5.69 Å². The average molecular weight is 247 g/mol. The van der Waals surface area contributed by atoms with Crippen molar-refractivity contribution in [3.63, 3.8) is 0 Å². The highest BCUT2D eigenvalue weighted by atomic mass is 16.6. The highest BCUT2D eigenvalue weighted by molar-refractivity contribution is 5.99. The van der Waals surface area contributed by atoms with Gasteiger partial charge in [0.15, 0.2) is 0 Å². The van der Waals surface area contributed by atoms with E-state index in [0.717, 1.165) is 11.1 Å². The van der Waals surface area contributed by atoms with E-state index in [1.54, 1.807) is 25.3 Å². The molecule has 2 aromatic rings. The number of nitro groups is 1. The molecule has 0 spiro atoms. The van der Waals surface area contributed by atoms with Crippen LogP contribution in [0.25, 0.3) is 10.8 Å². The first-order valence-corrected chi connectivity index (χ1v) is 5.52. The van der Waals surface area contributed by atoms with E-state index < -0.39 is 11.0 Å². The topological polar surface area (TPSA) is 88.3 Å². The smallest absolute Gasteiger partial charge is 0.278 e. The van der Waals surface area contributed by atoms with Gasteiger partial charge in [0.05, 0.1) is 16.4 Å². The number of non-ortho nitro benzene ring substituents is 1. The molecule has 6 heteroatoms. The van der Waals surface area contributed by atoms with Crippen molar-refractivity contribution in [2.75, 3.05) is 11.9 Å². The van der Waals surface area contributed by atoms with Crippen LogP contribution < -0.4 is 5.32 Å². The van der Waals surface area contributed by atoms with E-state index in [0.29, 0.717) is 11.9 Å². The fourth-order valence-corrected chi connectivity index (χ4v) is 1.75. The molecule has 0 aliphatic rings. The Hall–Kier alpha value is -2.21. The zero-order valence-corrected chi connectivity index (χ0v) is 9.83. The van der Waals surface area contributed by atoms with Crippen LogP contribution in [0.15, 0.2) is 30.6 Å². The predicted octanol–water partition coefficient (Wildman–Crippen LogP) is 1.94. The summed E-state index contributed by atoms with van der Waals surface area (Å²) in [6.07, 6.45) is 2.57. The van der Waals surface area contributed by atoms with Gasteiger partial charge in [0.25, 0.3) is 5.69 Å². The summed E-state index contributed by atoms with van der Waals surface area (Å²) < 4.78 is 0. The molecule has 94 valence electrons. The molecule has 0 amide bonds. The maximum absolute atomic E-state index is 10.9. The van der Waals surface area contributed by atoms with Crippen LogP contribution in [0.4, 0.5) is 11.4 Å². The van der Waals surface area contributed by atoms with E-state index >= 15 is 0 Å². The van der Waals surface area contributed by atoms with Crippen molar-refractivity contribution >= 4 is 22.1 Å². The Morgan fingerprint density at radius 2 is 2.22 bits per heavy atom. The van der Waals surface area contributed by atoms with Gasteiger partial charge < -0.3 is 10.4 Å². The Bertz CT molecular complexity index is 584. The average Bonchev–Trinajstić information content (AvgIpc) is 2.35. The number of fused-ring (bicyclic) bond motifs is 1. The van der Waals surface area contributed by atoms with Crippen LogP contribution in [0.2, 0.25) is 0 Å². The summed E-state index contributed by atoms with van der Waals surface area (Å²) in [4.78, 5) is 14.4. The zero-order valence-electron chi connectivity index (χ0n) is 9.83. The number of anilines is 1. The highest BCUT2D eigenvalue weighted by Crippen LogP contribution is 2.30. The molecule has 1 aromatic heterocycles. The Morgan fingerprint density at radius 1 is 1.44 bits per heavy atom. The summed E-state index contributed by atoms with van der Waals surface area (Å²) in [6.45, 7) is 2.05. The molecule has 0 fully saturated rings. The number of aliphatic hydroxyl groups excluding tert-OH is 1. The van der Waals surface area contributed by atoms with Crippen LogP contribution in [0.1, 0.15) is 6.92 Å². The van der Waals surface area contributed by atoms with E-state index in [1.807, 2.05) is 0 Å². The zero-order chi connectivity index (χ0) is 13.1. The number of hydrogen-bond donors (Lipinski definition) is 2. The molecule has 0 saturated heterocycles. The van der Waals surface area contributed by atoms with Crippen LogP contribution >= 0.6 is 0 Å². The molecule has 0 saturated carbocycles. The first-order chi connectivity index (χ1) is 8.59. The number of benzene rings is 1. The Kier molecular flexibility index (Phi) is 3.38. The molecule has 0 bridgehead atoms. The third kappa shape index (κ3) is 2.38. The SMILES string of the molecule is CC(O)CNc1ccc([N+](=O)[O-])c2cnccc12. The molecular weight excluding hydrogens is 234 g/mol. The number of aromatic nitrogens is 1. The minimum Gasteiger partial charge on any atom is -0.392 e. The molecule has 1 atom stereocenters. The van der Waals surface area contributed by atoms with Crippen LogP contribution in [-0.2, 0) is 0 Å². The minimum atomic E-state index is -0.489. The molecule has 0 radical (unpaired) electrons. The lowest BCUT2D eigenvalue weighted by Gasteiger charge is -2.11. The van der Waals surface area contributed by atoms with Crippen molar-refractivity contribution in [2.45, 2.75) is 13.0 Å². The lowest BCUT2D eigenvalue weighted by atomic mass is 10.1. The number of hydrogen-bond acceptors (Lipinski definition) is 5. The number of pyridine rings is 1. The summed E-state index contributed by atoms with van der Waals surface area (Å²) in [5, 5.41) is 24.4. The molecule has 18 heavy (non-hydrogen) atoms. The second kappa shape index (κ2) is 4.97. The quantitative estimate of drug-likeness (QED) is 0.636. The summed E-state index contributed by atoms with van der Waals surface area (Å²) in [7, 11) is 0. The van der Waals surface area contributed by atoms with Gasteiger partial charge in [-0.25, -0.2) is 0 Å². The number of nitrogens with zero attached hydrogens (tertiary/aromatic N) is 2. The van der Waals surface area contributed by atoms with E-state index in [4.69, 9.17) is 0 Å². The summed E-state index contributed by atoms with van der Waals surface area (Å²) in [5.41, 5.74) is 0.777. The van der Waals surface area contributed by atoms with Gasteiger partial charge in [0, 0.05) is 36.1 Å². The fourth-order valence-electron chi connectivity index (χ4n) is 1.75. The molecule has 1 unspecified atom stereocenters. The van der Waals surface area contributed by atoms with E-state index in [2.05, 4.69) is 10.3 Å². The number of aliphatic hydroxyl groups is 1. The number of nitrogens with one attached hydrogen (secondary N) is 1. The van der Waals surface area contributed by atoms with Gasteiger partial charge in [-0.1, -0.05) is 0 Å². The van der Waals surface area contributed by atoms with Gasteiger partial charge in [-0.05, 0) is 19.1 Å². The van der Waals surface area contributed by atoms with Crippen molar-refractivity contribution < 1.29 is 10.0 Å². The summed E-state index contributed by atoms with van der Waals surface area (Å²) in [5.74, 6) is 0. The Labute approximate surface area is 103 Å². The van der Waals surface area contributed by atoms with Gasteiger partial charge in [-0.2, -0.15) is 0 Å². The maximum Gasteiger partial charge on any atom is 0.278 e. The Morgan fingerprint density at radius 3 is 2.89 bits per heavy atom. The molecule has 6 nitrogen and oxygen atoms in total. The van der Waals surface area contributed by atoms with Gasteiger partial charge in [0.1, 0.15) is 0 Å². The van der Waals surface area contributed by atoms with Gasteiger partial charge in [-0.15, -0.1) is 0 Å². The second-order valence-electron chi connectivity index (χ2n) is 4.04. The third-order valence-corrected chi connectivity index (χ3v) is 2.58. The standard InChI is InChI=1S/C12H13N3O3/c1-8(16)6-14-11-2-3-12(15(17)18)10-7-13-5-4-9(10)11/h2-5,7-8,14,16H,6H2,1H3. The lowest BCUT2D eigenvalue weighted by molar-refractivity contribution is -0.383. The molecule has 2 rings (SSSR count). The van der Waals surface area contributed by atoms with Gasteiger partial charge in [-0.3, -0.25) is 15.1 Å². The van der Waals surface area contributed by atoms with Gasteiger partial charge in [0.2, 0.25) is 0 Å². The van der Waals surface area contributed by atoms with Crippen LogP contribution in [-0.4, -0.2) is 27.7 Å². The first-order valence-electron chi connectivity index (χ1n) is 5.52. The van der Waals surface area contributed by atoms with E-state index in [1.165, 1.54) is 12.3 Å². The highest BCUT2D eigenvalue weighted by Gasteiger charge is 2.14.